The highest BCUT2D eigenvalue weighted by Gasteiger charge is 2.52. The number of carbonyl (C=O) groups is 4. The van der Waals surface area contributed by atoms with E-state index in [2.05, 4.69) is 19.9 Å². The monoisotopic (exact) mass is 870 g/mol. The lowest BCUT2D eigenvalue weighted by Gasteiger charge is -2.42. The average Bonchev–Trinajstić information content (AvgIpc) is 3.25. The van der Waals surface area contributed by atoms with Crippen LogP contribution < -0.4 is 0 Å². The van der Waals surface area contributed by atoms with Crippen LogP contribution in [0.2, 0.25) is 0 Å². The molecule has 3 aliphatic heterocycles. The molecule has 12 heteroatoms. The molecule has 350 valence electrons. The molecule has 1 amide bonds. The van der Waals surface area contributed by atoms with Gasteiger partial charge in [0.2, 0.25) is 5.79 Å². The van der Waals surface area contributed by atoms with Crippen LogP contribution in [-0.2, 0) is 38.1 Å². The first-order valence-electron chi connectivity index (χ1n) is 23.5. The summed E-state index contributed by atoms with van der Waals surface area (Å²) in [6.45, 7) is 13.7. The van der Waals surface area contributed by atoms with Crippen molar-refractivity contribution in [3.63, 3.8) is 0 Å². The molecular weight excluding hydrogens is 791 g/mol. The van der Waals surface area contributed by atoms with E-state index in [9.17, 15) is 34.5 Å². The Morgan fingerprint density at radius 1 is 0.855 bits per heavy atom. The number of allylic oxidation sites excluding steroid dienone is 7. The summed E-state index contributed by atoms with van der Waals surface area (Å²) in [6, 6.07) is -0.994. The van der Waals surface area contributed by atoms with E-state index in [4.69, 9.17) is 18.9 Å². The number of hydrogen-bond donors (Lipinski definition) is 3. The summed E-state index contributed by atoms with van der Waals surface area (Å²) in [7, 11) is 3.06. The minimum absolute atomic E-state index is 0.0638. The lowest BCUT2D eigenvalue weighted by Crippen LogP contribution is -2.60. The third-order valence-electron chi connectivity index (χ3n) is 14.1. The molecule has 4 rings (SSSR count). The number of carbonyl (C=O) groups excluding carboxylic acids is 4. The number of methoxy groups -OCH3 is 2. The second-order valence-corrected chi connectivity index (χ2v) is 19.4. The number of aliphatic hydroxyl groups is 3. The molecule has 1 aliphatic carbocycles. The number of piperidine rings is 1. The maximum Gasteiger partial charge on any atom is 0.329 e. The number of fused-ring (bicyclic) bond motifs is 3. The van der Waals surface area contributed by atoms with Gasteiger partial charge in [0.05, 0.1) is 18.3 Å². The van der Waals surface area contributed by atoms with E-state index in [0.29, 0.717) is 82.6 Å². The van der Waals surface area contributed by atoms with E-state index < -0.39 is 65.9 Å². The Morgan fingerprint density at radius 3 is 2.31 bits per heavy atom. The van der Waals surface area contributed by atoms with Crippen LogP contribution in [0.1, 0.15) is 138 Å². The maximum atomic E-state index is 14.3. The number of nitrogens with zero attached hydrogens (tertiary/aromatic N) is 1. The normalized spacial score (nSPS) is 40.5. The fraction of sp³-hybridized carbons (Fsp3) is 0.760. The van der Waals surface area contributed by atoms with Gasteiger partial charge in [-0.25, -0.2) is 4.79 Å². The summed E-state index contributed by atoms with van der Waals surface area (Å²) < 4.78 is 23.7. The Balaban J connectivity index is 1.64. The van der Waals surface area contributed by atoms with E-state index in [1.807, 2.05) is 51.2 Å². The number of cyclic esters (lactones) is 1. The number of Topliss-reactive ketones (excluding diaryl/α,β-unsaturated/α-hetero) is 2. The van der Waals surface area contributed by atoms with Gasteiger partial charge in [0.1, 0.15) is 24.4 Å². The highest BCUT2D eigenvalue weighted by atomic mass is 16.6. The second kappa shape index (κ2) is 24.3. The Bertz CT molecular complexity index is 1620. The molecule has 0 radical (unpaired) electrons. The minimum Gasteiger partial charge on any atom is -0.461 e. The van der Waals surface area contributed by atoms with Gasteiger partial charge in [-0.2, -0.15) is 0 Å². The van der Waals surface area contributed by atoms with Crippen LogP contribution in [0.3, 0.4) is 0 Å². The zero-order valence-corrected chi connectivity index (χ0v) is 39.1. The molecule has 0 aromatic carbocycles. The SMILES string of the molecule is CO[C@@H]1CC(C[C@@H](C)[C@@H]2CC[C@H](C)/C=C(\C)[C@@H](O)[C@@H](OC)C(=O)[C@H](C)C[C@H](C)/C=C/C=C/C=C(\C)CCC3CCC(C)[C@@](O)(O3)C(=O)C(=O)N3CCCCC3C(=O)O2)CC[C@H]1O. The molecule has 0 aromatic heterocycles. The number of hydrogen-bond acceptors (Lipinski definition) is 11. The lowest BCUT2D eigenvalue weighted by molar-refractivity contribution is -0.263. The molecule has 0 aromatic rings. The first-order valence-corrected chi connectivity index (χ1v) is 23.5. The molecule has 3 N–H and O–H groups in total. The van der Waals surface area contributed by atoms with Gasteiger partial charge >= 0.3 is 5.97 Å². The third kappa shape index (κ3) is 14.0. The van der Waals surface area contributed by atoms with Gasteiger partial charge < -0.3 is 39.2 Å². The predicted molar refractivity (Wildman–Crippen MR) is 239 cm³/mol. The summed E-state index contributed by atoms with van der Waals surface area (Å²) in [6.07, 6.45) is 16.5. The molecule has 3 heterocycles. The molecular formula is C50H79NO11. The number of ketones is 2. The number of amides is 1. The molecule has 4 unspecified atom stereocenters. The Hall–Kier alpha value is -3.00. The summed E-state index contributed by atoms with van der Waals surface area (Å²) in [5, 5.41) is 33.7. The molecule has 62 heavy (non-hydrogen) atoms. The van der Waals surface area contributed by atoms with E-state index in [1.165, 1.54) is 12.0 Å². The number of rotatable bonds is 5. The largest absolute Gasteiger partial charge is 0.461 e. The van der Waals surface area contributed by atoms with Gasteiger partial charge in [-0.1, -0.05) is 76.6 Å². The minimum atomic E-state index is -2.31. The topological polar surface area (TPSA) is 169 Å². The van der Waals surface area contributed by atoms with Crippen molar-refractivity contribution in [1.82, 2.24) is 4.90 Å². The molecule has 14 atom stereocenters. The highest BCUT2D eigenvalue weighted by Crippen LogP contribution is 2.37. The van der Waals surface area contributed by atoms with Crippen LogP contribution >= 0.6 is 0 Å². The van der Waals surface area contributed by atoms with Gasteiger partial charge in [-0.05, 0) is 133 Å². The molecule has 4 aliphatic rings. The second-order valence-electron chi connectivity index (χ2n) is 19.4. The highest BCUT2D eigenvalue weighted by molar-refractivity contribution is 6.39. The number of aliphatic hydroxyl groups excluding tert-OH is 2. The van der Waals surface area contributed by atoms with Crippen LogP contribution in [0.15, 0.2) is 47.6 Å². The summed E-state index contributed by atoms with van der Waals surface area (Å²) in [5.74, 6) is -5.78. The van der Waals surface area contributed by atoms with Gasteiger partial charge in [-0.15, -0.1) is 0 Å². The standard InChI is InChI=1S/C50H79NO11/c1-31-15-11-10-12-16-32(2)27-35(5)44(53)46(60-9)45(54)36(6)28-33(3)19-25-42(34(4)29-38-21-24-41(52)43(30-38)59-8)61-49(57)40-17-13-14-26-51(40)48(56)47(55)50(58)37(7)20-23-39(62-50)22-18-31/h10-12,15-16,28,32-35,37-43,45-46,52,54,58H,13-14,17-27,29-30H2,1-9H3/b11-10+,16-12+,31-15+,36-28+/t32-,33+,34-,35-,37?,38?,39?,40?,41-,42+,43-,45-,46+,50-/m1/s1. The summed E-state index contributed by atoms with van der Waals surface area (Å²) in [5.41, 5.74) is 1.70. The molecule has 2 bridgehead atoms. The molecule has 1 saturated carbocycles. The van der Waals surface area contributed by atoms with Crippen molar-refractivity contribution in [2.45, 2.75) is 187 Å². The Labute approximate surface area is 371 Å². The van der Waals surface area contributed by atoms with Gasteiger partial charge in [0.25, 0.3) is 11.7 Å². The van der Waals surface area contributed by atoms with Crippen LogP contribution in [0, 0.1) is 35.5 Å². The molecule has 2 saturated heterocycles. The van der Waals surface area contributed by atoms with Crippen LogP contribution in [-0.4, -0.2) is 113 Å². The van der Waals surface area contributed by atoms with Crippen LogP contribution in [0.25, 0.3) is 0 Å². The van der Waals surface area contributed by atoms with Crippen molar-refractivity contribution < 1.29 is 53.4 Å². The fourth-order valence-corrected chi connectivity index (χ4v) is 10.0. The van der Waals surface area contributed by atoms with E-state index in [0.717, 1.165) is 18.4 Å². The first kappa shape index (κ1) is 51.6. The van der Waals surface area contributed by atoms with Gasteiger partial charge in [0, 0.05) is 32.6 Å². The Kier molecular flexibility index (Phi) is 20.3. The van der Waals surface area contributed by atoms with Gasteiger partial charge in [0.15, 0.2) is 5.78 Å². The van der Waals surface area contributed by atoms with E-state index in [1.54, 1.807) is 21.0 Å². The van der Waals surface area contributed by atoms with E-state index >= 15 is 0 Å². The molecule has 3 fully saturated rings. The molecule has 12 nitrogen and oxygen atoms in total. The summed E-state index contributed by atoms with van der Waals surface area (Å²) in [4.78, 5) is 57.4. The molecule has 0 spiro atoms. The quantitative estimate of drug-likeness (QED) is 0.143. The third-order valence-corrected chi connectivity index (χ3v) is 14.1. The van der Waals surface area contributed by atoms with Gasteiger partial charge in [-0.3, -0.25) is 14.4 Å². The van der Waals surface area contributed by atoms with Crippen LogP contribution in [0.5, 0.6) is 0 Å². The number of ether oxygens (including phenoxy) is 4. The van der Waals surface area contributed by atoms with Crippen molar-refractivity contribution in [3.05, 3.63) is 47.6 Å². The summed E-state index contributed by atoms with van der Waals surface area (Å²) >= 11 is 0. The number of esters is 1. The average molecular weight is 870 g/mol. The zero-order chi connectivity index (χ0) is 45.7. The first-order chi connectivity index (χ1) is 29.4. The zero-order valence-electron chi connectivity index (χ0n) is 39.1. The van der Waals surface area contributed by atoms with E-state index in [-0.39, 0.29) is 48.0 Å². The van der Waals surface area contributed by atoms with Crippen LogP contribution in [0.4, 0.5) is 0 Å². The van der Waals surface area contributed by atoms with Crippen molar-refractivity contribution in [3.8, 4) is 0 Å². The lowest BCUT2D eigenvalue weighted by atomic mass is 9.78. The van der Waals surface area contributed by atoms with Crippen molar-refractivity contribution >= 4 is 23.4 Å². The van der Waals surface area contributed by atoms with Crippen molar-refractivity contribution in [2.24, 2.45) is 35.5 Å². The predicted octanol–water partition coefficient (Wildman–Crippen LogP) is 7.38. The smallest absolute Gasteiger partial charge is 0.329 e. The fourth-order valence-electron chi connectivity index (χ4n) is 10.0. The maximum absolute atomic E-state index is 14.3. The van der Waals surface area contributed by atoms with Crippen molar-refractivity contribution in [1.29, 1.82) is 0 Å². The Morgan fingerprint density at radius 2 is 1.60 bits per heavy atom. The van der Waals surface area contributed by atoms with Crippen molar-refractivity contribution in [2.75, 3.05) is 20.8 Å².